The van der Waals surface area contributed by atoms with E-state index in [1.165, 1.54) is 24.0 Å². The Morgan fingerprint density at radius 2 is 1.21 bits per heavy atom. The quantitative estimate of drug-likeness (QED) is 0.217. The first kappa shape index (κ1) is 27.3. The molecule has 0 saturated heterocycles. The maximum atomic E-state index is 11.1. The lowest BCUT2D eigenvalue weighted by Crippen LogP contribution is -2.15. The monoisotopic (exact) mass is 509 g/mol. The molecule has 5 nitrogen and oxygen atoms in total. The molecule has 4 aromatic rings. The minimum absolute atomic E-state index is 0.0928. The van der Waals surface area contributed by atoms with E-state index in [1.807, 2.05) is 12.1 Å². The van der Waals surface area contributed by atoms with Crippen molar-refractivity contribution in [1.29, 1.82) is 0 Å². The van der Waals surface area contributed by atoms with Crippen molar-refractivity contribution in [1.82, 2.24) is 15.0 Å². The summed E-state index contributed by atoms with van der Waals surface area (Å²) in [6.07, 6.45) is 5.61. The predicted molar refractivity (Wildman–Crippen MR) is 156 cm³/mol. The van der Waals surface area contributed by atoms with Gasteiger partial charge in [-0.2, -0.15) is 0 Å². The summed E-state index contributed by atoms with van der Waals surface area (Å²) in [7, 11) is 0. The molecule has 0 aliphatic carbocycles. The van der Waals surface area contributed by atoms with E-state index in [4.69, 9.17) is 19.7 Å². The second kappa shape index (κ2) is 12.2. The van der Waals surface area contributed by atoms with Gasteiger partial charge in [0.1, 0.15) is 11.5 Å². The SMILES string of the molecule is CCCCCC(CC)Oc1ccc(-c2nc(-c3ccc(C)cc3C)nc(-c3ccc(C)cc3C)n2)c(O)c1. The lowest BCUT2D eigenvalue weighted by Gasteiger charge is -2.18. The van der Waals surface area contributed by atoms with Crippen LogP contribution in [-0.2, 0) is 0 Å². The van der Waals surface area contributed by atoms with Crippen LogP contribution in [0.3, 0.4) is 0 Å². The van der Waals surface area contributed by atoms with Crippen molar-refractivity contribution >= 4 is 0 Å². The van der Waals surface area contributed by atoms with Crippen LogP contribution in [0, 0.1) is 27.7 Å². The number of nitrogens with zero attached hydrogens (tertiary/aromatic N) is 3. The number of benzene rings is 3. The summed E-state index contributed by atoms with van der Waals surface area (Å²) < 4.78 is 6.21. The second-order valence-electron chi connectivity index (χ2n) is 10.3. The van der Waals surface area contributed by atoms with Crippen molar-refractivity contribution in [2.45, 2.75) is 79.8 Å². The molecule has 1 unspecified atom stereocenters. The van der Waals surface area contributed by atoms with Crippen molar-refractivity contribution in [3.8, 4) is 45.7 Å². The minimum Gasteiger partial charge on any atom is -0.507 e. The molecule has 0 fully saturated rings. The molecule has 1 N–H and O–H groups in total. The zero-order valence-electron chi connectivity index (χ0n) is 23.5. The molecular formula is C33H39N3O2. The van der Waals surface area contributed by atoms with E-state index in [-0.39, 0.29) is 11.9 Å². The van der Waals surface area contributed by atoms with Crippen molar-refractivity contribution in [2.24, 2.45) is 0 Å². The van der Waals surface area contributed by atoms with Gasteiger partial charge >= 0.3 is 0 Å². The molecule has 5 heteroatoms. The number of phenolic OH excluding ortho intramolecular Hbond substituents is 1. The van der Waals surface area contributed by atoms with Crippen LogP contribution in [-0.4, -0.2) is 26.2 Å². The van der Waals surface area contributed by atoms with Crippen molar-refractivity contribution in [2.75, 3.05) is 0 Å². The number of phenols is 1. The van der Waals surface area contributed by atoms with Gasteiger partial charge in [0, 0.05) is 17.2 Å². The van der Waals surface area contributed by atoms with Gasteiger partial charge in [-0.25, -0.2) is 15.0 Å². The van der Waals surface area contributed by atoms with Crippen LogP contribution < -0.4 is 4.74 Å². The van der Waals surface area contributed by atoms with E-state index in [1.54, 1.807) is 6.07 Å². The number of aryl methyl sites for hydroxylation is 4. The Bertz CT molecular complexity index is 1340. The Hall–Kier alpha value is -3.73. The highest BCUT2D eigenvalue weighted by atomic mass is 16.5. The Labute approximate surface area is 227 Å². The molecule has 1 heterocycles. The summed E-state index contributed by atoms with van der Waals surface area (Å²) in [6.45, 7) is 12.6. The number of unbranched alkanes of at least 4 members (excludes halogenated alkanes) is 2. The molecule has 1 atom stereocenters. The maximum absolute atomic E-state index is 11.1. The van der Waals surface area contributed by atoms with Gasteiger partial charge in [-0.15, -0.1) is 0 Å². The van der Waals surface area contributed by atoms with E-state index < -0.39 is 0 Å². The molecule has 0 radical (unpaired) electrons. The molecule has 0 amide bonds. The van der Waals surface area contributed by atoms with Gasteiger partial charge in [-0.05, 0) is 70.2 Å². The summed E-state index contributed by atoms with van der Waals surface area (Å²) in [4.78, 5) is 14.5. The molecular weight excluding hydrogens is 470 g/mol. The summed E-state index contributed by atoms with van der Waals surface area (Å²) in [5.74, 6) is 2.36. The van der Waals surface area contributed by atoms with Gasteiger partial charge in [-0.3, -0.25) is 0 Å². The Morgan fingerprint density at radius 1 is 0.684 bits per heavy atom. The van der Waals surface area contributed by atoms with Crippen LogP contribution in [0.2, 0.25) is 0 Å². The fourth-order valence-electron chi connectivity index (χ4n) is 4.80. The Kier molecular flexibility index (Phi) is 8.77. The molecule has 1 aromatic heterocycles. The lowest BCUT2D eigenvalue weighted by molar-refractivity contribution is 0.182. The van der Waals surface area contributed by atoms with Crippen LogP contribution in [0.25, 0.3) is 34.2 Å². The number of aromatic nitrogens is 3. The lowest BCUT2D eigenvalue weighted by atomic mass is 10.0. The summed E-state index contributed by atoms with van der Waals surface area (Å²) in [6, 6.07) is 17.9. The number of hydrogen-bond acceptors (Lipinski definition) is 5. The normalized spacial score (nSPS) is 11.9. The Morgan fingerprint density at radius 3 is 1.68 bits per heavy atom. The van der Waals surface area contributed by atoms with E-state index in [9.17, 15) is 5.11 Å². The summed E-state index contributed by atoms with van der Waals surface area (Å²) in [5.41, 5.74) is 7.00. The molecule has 0 bridgehead atoms. The standard InChI is InChI=1S/C33H39N3O2/c1-7-9-10-11-25(8-2)38-26-14-17-29(30(37)20-26)33-35-31(27-15-12-21(3)18-23(27)5)34-32(36-33)28-16-13-22(4)19-24(28)6/h12-20,25,37H,7-11H2,1-6H3. The first-order valence-corrected chi connectivity index (χ1v) is 13.7. The average Bonchev–Trinajstić information content (AvgIpc) is 2.88. The zero-order chi connectivity index (χ0) is 27.2. The van der Waals surface area contributed by atoms with Gasteiger partial charge in [0.2, 0.25) is 0 Å². The molecule has 38 heavy (non-hydrogen) atoms. The van der Waals surface area contributed by atoms with Gasteiger partial charge < -0.3 is 9.84 Å². The van der Waals surface area contributed by atoms with Crippen LogP contribution in [0.15, 0.2) is 54.6 Å². The zero-order valence-corrected chi connectivity index (χ0v) is 23.5. The molecule has 198 valence electrons. The highest BCUT2D eigenvalue weighted by Crippen LogP contribution is 2.34. The fraction of sp³-hybridized carbons (Fsp3) is 0.364. The van der Waals surface area contributed by atoms with Crippen LogP contribution >= 0.6 is 0 Å². The van der Waals surface area contributed by atoms with Crippen LogP contribution in [0.4, 0.5) is 0 Å². The number of hydrogen-bond donors (Lipinski definition) is 1. The summed E-state index contributed by atoms with van der Waals surface area (Å²) >= 11 is 0. The highest BCUT2D eigenvalue weighted by molar-refractivity contribution is 5.72. The van der Waals surface area contributed by atoms with Gasteiger partial charge in [0.15, 0.2) is 17.5 Å². The maximum Gasteiger partial charge on any atom is 0.167 e. The molecule has 0 aliphatic rings. The van der Waals surface area contributed by atoms with E-state index in [0.29, 0.717) is 28.8 Å². The molecule has 0 aliphatic heterocycles. The van der Waals surface area contributed by atoms with Gasteiger partial charge in [-0.1, -0.05) is 74.2 Å². The van der Waals surface area contributed by atoms with Crippen molar-refractivity contribution < 1.29 is 9.84 Å². The van der Waals surface area contributed by atoms with E-state index in [0.717, 1.165) is 41.5 Å². The number of rotatable bonds is 10. The van der Waals surface area contributed by atoms with E-state index >= 15 is 0 Å². The topological polar surface area (TPSA) is 68.1 Å². The third kappa shape index (κ3) is 6.39. The smallest absolute Gasteiger partial charge is 0.167 e. The van der Waals surface area contributed by atoms with Gasteiger partial charge in [0.25, 0.3) is 0 Å². The molecule has 0 spiro atoms. The first-order valence-electron chi connectivity index (χ1n) is 13.7. The third-order valence-electron chi connectivity index (χ3n) is 6.98. The minimum atomic E-state index is 0.0928. The van der Waals surface area contributed by atoms with Crippen LogP contribution in [0.5, 0.6) is 11.5 Å². The number of aromatic hydroxyl groups is 1. The summed E-state index contributed by atoms with van der Waals surface area (Å²) in [5, 5.41) is 11.1. The van der Waals surface area contributed by atoms with Crippen LogP contribution in [0.1, 0.15) is 68.2 Å². The van der Waals surface area contributed by atoms with Crippen molar-refractivity contribution in [3.63, 3.8) is 0 Å². The predicted octanol–water partition coefficient (Wildman–Crippen LogP) is 8.55. The average molecular weight is 510 g/mol. The Balaban J connectivity index is 1.76. The highest BCUT2D eigenvalue weighted by Gasteiger charge is 2.18. The van der Waals surface area contributed by atoms with Gasteiger partial charge in [0.05, 0.1) is 11.7 Å². The fourth-order valence-corrected chi connectivity index (χ4v) is 4.80. The van der Waals surface area contributed by atoms with Crippen molar-refractivity contribution in [3.05, 3.63) is 76.9 Å². The van der Waals surface area contributed by atoms with E-state index in [2.05, 4.69) is 77.9 Å². The molecule has 4 rings (SSSR count). The number of ether oxygens (including phenoxy) is 1. The second-order valence-corrected chi connectivity index (χ2v) is 10.3. The first-order chi connectivity index (χ1) is 18.3. The largest absolute Gasteiger partial charge is 0.507 e. The third-order valence-corrected chi connectivity index (χ3v) is 6.98. The molecule has 3 aromatic carbocycles. The molecule has 0 saturated carbocycles.